The molecule has 0 amide bonds. The summed E-state index contributed by atoms with van der Waals surface area (Å²) < 4.78 is 2.19. The Morgan fingerprint density at radius 3 is 2.62 bits per heavy atom. The minimum absolute atomic E-state index is 0.772. The summed E-state index contributed by atoms with van der Waals surface area (Å²) in [5.74, 6) is 0. The number of aryl methyl sites for hydroxylation is 2. The predicted molar refractivity (Wildman–Crippen MR) is 116 cm³/mol. The lowest BCUT2D eigenvalue weighted by Gasteiger charge is -2.14. The van der Waals surface area contributed by atoms with Gasteiger partial charge in [-0.15, -0.1) is 0 Å². The molecule has 0 aliphatic heterocycles. The molecule has 0 N–H and O–H groups in total. The van der Waals surface area contributed by atoms with Gasteiger partial charge >= 0.3 is 0 Å². The summed E-state index contributed by atoms with van der Waals surface area (Å²) >= 11 is 0. The summed E-state index contributed by atoms with van der Waals surface area (Å²) in [6.45, 7) is 2.71. The zero-order valence-corrected chi connectivity index (χ0v) is 16.4. The van der Waals surface area contributed by atoms with Crippen LogP contribution in [0.15, 0.2) is 78.6 Å². The Labute approximate surface area is 170 Å². The van der Waals surface area contributed by atoms with E-state index in [4.69, 9.17) is 0 Å². The Balaban J connectivity index is 1.59. The highest BCUT2D eigenvalue weighted by molar-refractivity contribution is 5.87. The molecule has 5 rings (SSSR count). The minimum atomic E-state index is 0.772. The van der Waals surface area contributed by atoms with E-state index >= 15 is 0 Å². The van der Waals surface area contributed by atoms with Gasteiger partial charge in [0, 0.05) is 17.7 Å². The first-order valence-electron chi connectivity index (χ1n) is 9.96. The number of aromatic nitrogens is 2. The van der Waals surface area contributed by atoms with E-state index in [2.05, 4.69) is 70.2 Å². The fraction of sp³-hybridized carbons (Fsp3) is 0.154. The van der Waals surface area contributed by atoms with Crippen molar-refractivity contribution in [2.75, 3.05) is 0 Å². The molecule has 0 bridgehead atoms. The summed E-state index contributed by atoms with van der Waals surface area (Å²) in [6.07, 6.45) is 3.88. The van der Waals surface area contributed by atoms with Crippen molar-refractivity contribution in [3.8, 4) is 6.07 Å². The minimum Gasteiger partial charge on any atom is -0.326 e. The van der Waals surface area contributed by atoms with Crippen LogP contribution in [-0.2, 0) is 19.4 Å². The number of imidazole rings is 1. The molecular weight excluding hydrogens is 354 g/mol. The van der Waals surface area contributed by atoms with Crippen LogP contribution in [0.3, 0.4) is 0 Å². The molecule has 1 aliphatic rings. The average Bonchev–Trinajstić information content (AvgIpc) is 3.08. The molecule has 3 heteroatoms. The molecule has 0 saturated carbocycles. The van der Waals surface area contributed by atoms with Gasteiger partial charge in [0.05, 0.1) is 23.4 Å². The summed E-state index contributed by atoms with van der Waals surface area (Å²) in [5, 5.41) is 9.64. The van der Waals surface area contributed by atoms with Crippen molar-refractivity contribution >= 4 is 16.6 Å². The fourth-order valence-corrected chi connectivity index (χ4v) is 4.39. The largest absolute Gasteiger partial charge is 0.326 e. The normalized spacial score (nSPS) is 14.6. The van der Waals surface area contributed by atoms with Gasteiger partial charge in [-0.2, -0.15) is 5.26 Å². The molecule has 29 heavy (non-hydrogen) atoms. The molecule has 3 nitrogen and oxygen atoms in total. The first-order chi connectivity index (χ1) is 14.2. The molecule has 0 unspecified atom stereocenters. The summed E-state index contributed by atoms with van der Waals surface area (Å²) in [7, 11) is 0. The number of fused-ring (bicyclic) bond motifs is 3. The van der Waals surface area contributed by atoms with Gasteiger partial charge in [0.1, 0.15) is 0 Å². The van der Waals surface area contributed by atoms with Gasteiger partial charge in [-0.3, -0.25) is 0 Å². The maximum atomic E-state index is 9.64. The van der Waals surface area contributed by atoms with Gasteiger partial charge in [0.15, 0.2) is 0 Å². The molecule has 0 fully saturated rings. The Bertz CT molecular complexity index is 1300. The van der Waals surface area contributed by atoms with Gasteiger partial charge in [0.2, 0.25) is 0 Å². The molecule has 1 aliphatic carbocycles. The number of rotatable bonds is 2. The molecule has 0 atom stereocenters. The second kappa shape index (κ2) is 7.07. The number of allylic oxidation sites excluding steroid dienone is 1. The second-order valence-electron chi connectivity index (χ2n) is 7.62. The van der Waals surface area contributed by atoms with Crippen molar-refractivity contribution in [1.29, 1.82) is 5.26 Å². The lowest BCUT2D eigenvalue weighted by Crippen LogP contribution is -2.01. The van der Waals surface area contributed by atoms with Crippen molar-refractivity contribution in [1.82, 2.24) is 9.55 Å². The van der Waals surface area contributed by atoms with Gasteiger partial charge in [0.25, 0.3) is 0 Å². The number of nitrogens with zero attached hydrogens (tertiary/aromatic N) is 3. The first-order valence-corrected chi connectivity index (χ1v) is 9.96. The van der Waals surface area contributed by atoms with Gasteiger partial charge in [-0.25, -0.2) is 4.98 Å². The Hall–Kier alpha value is -3.64. The molecule has 3 aromatic carbocycles. The summed E-state index contributed by atoms with van der Waals surface area (Å²) in [6, 6.07) is 25.8. The van der Waals surface area contributed by atoms with Crippen LogP contribution < -0.4 is 0 Å². The maximum Gasteiger partial charge on any atom is 0.0961 e. The lowest BCUT2D eigenvalue weighted by atomic mass is 9.90. The van der Waals surface area contributed by atoms with Crippen LogP contribution in [0, 0.1) is 11.3 Å². The topological polar surface area (TPSA) is 41.6 Å². The van der Waals surface area contributed by atoms with Gasteiger partial charge < -0.3 is 4.57 Å². The summed E-state index contributed by atoms with van der Waals surface area (Å²) in [4.78, 5) is 4.51. The number of benzene rings is 3. The Morgan fingerprint density at radius 2 is 1.72 bits per heavy atom. The third-order valence-electron chi connectivity index (χ3n) is 5.81. The monoisotopic (exact) mass is 375 g/mol. The van der Waals surface area contributed by atoms with Crippen LogP contribution in [0.4, 0.5) is 0 Å². The van der Waals surface area contributed by atoms with E-state index < -0.39 is 0 Å². The average molecular weight is 375 g/mol. The number of hydrogen-bond acceptors (Lipinski definition) is 2. The van der Waals surface area contributed by atoms with E-state index in [0.29, 0.717) is 0 Å². The highest BCUT2D eigenvalue weighted by Gasteiger charge is 2.20. The van der Waals surface area contributed by atoms with Crippen LogP contribution in [0.1, 0.15) is 34.7 Å². The fourth-order valence-electron chi connectivity index (χ4n) is 4.39. The van der Waals surface area contributed by atoms with Gasteiger partial charge in [-0.1, -0.05) is 54.6 Å². The molecule has 4 aromatic rings. The smallest absolute Gasteiger partial charge is 0.0961 e. The highest BCUT2D eigenvalue weighted by Crippen LogP contribution is 2.36. The molecule has 0 saturated heterocycles. The van der Waals surface area contributed by atoms with Gasteiger partial charge in [-0.05, 0) is 59.7 Å². The standard InChI is InChI=1S/C26H21N3/c1-18(15-27)26-22-7-3-2-6-20(22)11-12-21-14-19(10-13-23(21)26)16-29-17-28-24-8-4-5-9-25(24)29/h2-10,13-14,17H,11-12,16H2,1H3. The molecule has 140 valence electrons. The third kappa shape index (κ3) is 3.03. The first kappa shape index (κ1) is 17.5. The van der Waals surface area contributed by atoms with E-state index in [0.717, 1.165) is 41.6 Å². The van der Waals surface area contributed by atoms with Crippen molar-refractivity contribution in [3.05, 3.63) is 106 Å². The SMILES string of the molecule is CC(C#N)=C1c2ccccc2CCc2cc(Cn3cnc4ccccc43)ccc21. The van der Waals surface area contributed by atoms with E-state index in [9.17, 15) is 5.26 Å². The van der Waals surface area contributed by atoms with E-state index in [1.165, 1.54) is 27.8 Å². The van der Waals surface area contributed by atoms with E-state index in [-0.39, 0.29) is 0 Å². The maximum absolute atomic E-state index is 9.64. The van der Waals surface area contributed by atoms with Crippen LogP contribution in [0.25, 0.3) is 16.6 Å². The van der Waals surface area contributed by atoms with Crippen LogP contribution in [-0.4, -0.2) is 9.55 Å². The Kier molecular flexibility index (Phi) is 4.26. The van der Waals surface area contributed by atoms with Crippen LogP contribution in [0.5, 0.6) is 0 Å². The zero-order chi connectivity index (χ0) is 19.8. The molecule has 1 aromatic heterocycles. The number of para-hydroxylation sites is 2. The van der Waals surface area contributed by atoms with Crippen molar-refractivity contribution < 1.29 is 0 Å². The van der Waals surface area contributed by atoms with E-state index in [1.54, 1.807) is 0 Å². The van der Waals surface area contributed by atoms with Crippen LogP contribution in [0.2, 0.25) is 0 Å². The van der Waals surface area contributed by atoms with E-state index in [1.807, 2.05) is 25.4 Å². The van der Waals surface area contributed by atoms with Crippen molar-refractivity contribution in [3.63, 3.8) is 0 Å². The lowest BCUT2D eigenvalue weighted by molar-refractivity contribution is 0.821. The highest BCUT2D eigenvalue weighted by atomic mass is 15.0. The third-order valence-corrected chi connectivity index (χ3v) is 5.81. The molecule has 0 radical (unpaired) electrons. The number of hydrogen-bond donors (Lipinski definition) is 0. The number of nitriles is 1. The Morgan fingerprint density at radius 1 is 0.966 bits per heavy atom. The molecule has 0 spiro atoms. The second-order valence-corrected chi connectivity index (χ2v) is 7.62. The van der Waals surface area contributed by atoms with Crippen molar-refractivity contribution in [2.24, 2.45) is 0 Å². The quantitative estimate of drug-likeness (QED) is 0.432. The van der Waals surface area contributed by atoms with Crippen molar-refractivity contribution in [2.45, 2.75) is 26.3 Å². The zero-order valence-electron chi connectivity index (χ0n) is 16.4. The predicted octanol–water partition coefficient (Wildman–Crippen LogP) is 5.53. The molecular formula is C26H21N3. The summed E-state index contributed by atoms with van der Waals surface area (Å²) in [5.41, 5.74) is 10.3. The van der Waals surface area contributed by atoms with Crippen LogP contribution >= 0.6 is 0 Å². The molecule has 1 heterocycles.